The first-order valence-electron chi connectivity index (χ1n) is 6.60. The summed E-state index contributed by atoms with van der Waals surface area (Å²) in [5.41, 5.74) is 1.57. The Morgan fingerprint density at radius 2 is 2.41 bits per heavy atom. The van der Waals surface area contributed by atoms with Gasteiger partial charge < -0.3 is 9.88 Å². The molecule has 1 N–H and O–H groups in total. The van der Waals surface area contributed by atoms with E-state index in [9.17, 15) is 0 Å². The van der Waals surface area contributed by atoms with E-state index in [1.165, 1.54) is 12.8 Å². The SMILES string of the molecule is CC1=CCCC(C)C1CNCCn1ccnc1. The topological polar surface area (TPSA) is 29.9 Å². The van der Waals surface area contributed by atoms with Crippen LogP contribution in [0.1, 0.15) is 26.7 Å². The van der Waals surface area contributed by atoms with Crippen LogP contribution in [0.3, 0.4) is 0 Å². The molecular formula is C14H23N3. The summed E-state index contributed by atoms with van der Waals surface area (Å²) in [5.74, 6) is 1.55. The molecular weight excluding hydrogens is 210 g/mol. The summed E-state index contributed by atoms with van der Waals surface area (Å²) in [6, 6.07) is 0. The first kappa shape index (κ1) is 12.4. The fourth-order valence-corrected chi connectivity index (χ4v) is 2.62. The first-order chi connectivity index (χ1) is 8.27. The number of nitrogens with zero attached hydrogens (tertiary/aromatic N) is 2. The number of nitrogens with one attached hydrogen (secondary N) is 1. The predicted octanol–water partition coefficient (Wildman–Crippen LogP) is 2.47. The maximum Gasteiger partial charge on any atom is 0.0946 e. The van der Waals surface area contributed by atoms with Crippen molar-refractivity contribution in [2.75, 3.05) is 13.1 Å². The Kier molecular flexibility index (Phi) is 4.37. The van der Waals surface area contributed by atoms with E-state index in [1.807, 2.05) is 18.7 Å². The molecule has 1 aromatic rings. The molecule has 3 nitrogen and oxygen atoms in total. The van der Waals surface area contributed by atoms with Gasteiger partial charge in [0.1, 0.15) is 0 Å². The molecule has 0 fully saturated rings. The molecule has 2 atom stereocenters. The molecule has 2 unspecified atom stereocenters. The molecule has 0 spiro atoms. The van der Waals surface area contributed by atoms with Crippen molar-refractivity contribution in [2.45, 2.75) is 33.2 Å². The molecule has 0 aromatic carbocycles. The van der Waals surface area contributed by atoms with Gasteiger partial charge in [-0.15, -0.1) is 0 Å². The maximum absolute atomic E-state index is 4.04. The second kappa shape index (κ2) is 6.01. The van der Waals surface area contributed by atoms with Gasteiger partial charge in [-0.1, -0.05) is 18.6 Å². The van der Waals surface area contributed by atoms with E-state index in [0.29, 0.717) is 0 Å². The van der Waals surface area contributed by atoms with Gasteiger partial charge >= 0.3 is 0 Å². The van der Waals surface area contributed by atoms with Crippen molar-refractivity contribution in [1.82, 2.24) is 14.9 Å². The highest BCUT2D eigenvalue weighted by Crippen LogP contribution is 2.29. The lowest BCUT2D eigenvalue weighted by atomic mass is 9.80. The molecule has 0 radical (unpaired) electrons. The molecule has 0 aliphatic heterocycles. The second-order valence-electron chi connectivity index (χ2n) is 5.11. The van der Waals surface area contributed by atoms with Crippen LogP contribution in [0.4, 0.5) is 0 Å². The highest BCUT2D eigenvalue weighted by molar-refractivity contribution is 5.09. The molecule has 0 bridgehead atoms. The number of hydrogen-bond donors (Lipinski definition) is 1. The summed E-state index contributed by atoms with van der Waals surface area (Å²) in [6.07, 6.45) is 10.7. The Hall–Kier alpha value is -1.09. The molecule has 0 saturated heterocycles. The van der Waals surface area contributed by atoms with Gasteiger partial charge in [-0.25, -0.2) is 4.98 Å². The first-order valence-corrected chi connectivity index (χ1v) is 6.60. The van der Waals surface area contributed by atoms with E-state index in [0.717, 1.165) is 31.5 Å². The summed E-state index contributed by atoms with van der Waals surface area (Å²) in [4.78, 5) is 4.04. The lowest BCUT2D eigenvalue weighted by molar-refractivity contribution is 0.348. The zero-order valence-electron chi connectivity index (χ0n) is 10.9. The number of aromatic nitrogens is 2. The van der Waals surface area contributed by atoms with Crippen molar-refractivity contribution in [3.63, 3.8) is 0 Å². The van der Waals surface area contributed by atoms with Gasteiger partial charge in [0.05, 0.1) is 6.33 Å². The van der Waals surface area contributed by atoms with Gasteiger partial charge in [0.2, 0.25) is 0 Å². The molecule has 94 valence electrons. The highest BCUT2D eigenvalue weighted by atomic mass is 15.0. The van der Waals surface area contributed by atoms with E-state index in [-0.39, 0.29) is 0 Å². The van der Waals surface area contributed by atoms with Gasteiger partial charge in [-0.3, -0.25) is 0 Å². The van der Waals surface area contributed by atoms with Crippen LogP contribution in [0.25, 0.3) is 0 Å². The highest BCUT2D eigenvalue weighted by Gasteiger charge is 2.21. The van der Waals surface area contributed by atoms with Gasteiger partial charge in [0.15, 0.2) is 0 Å². The van der Waals surface area contributed by atoms with Crippen LogP contribution in [0.2, 0.25) is 0 Å². The van der Waals surface area contributed by atoms with Crippen molar-refractivity contribution in [3.05, 3.63) is 30.4 Å². The lowest BCUT2D eigenvalue weighted by Crippen LogP contribution is -2.31. The lowest BCUT2D eigenvalue weighted by Gasteiger charge is -2.29. The van der Waals surface area contributed by atoms with Gasteiger partial charge in [-0.05, 0) is 31.6 Å². The Morgan fingerprint density at radius 3 is 3.12 bits per heavy atom. The minimum atomic E-state index is 0.728. The number of allylic oxidation sites excluding steroid dienone is 1. The van der Waals surface area contributed by atoms with Crippen LogP contribution in [-0.4, -0.2) is 22.6 Å². The molecule has 2 rings (SSSR count). The number of hydrogen-bond acceptors (Lipinski definition) is 2. The zero-order chi connectivity index (χ0) is 12.1. The van der Waals surface area contributed by atoms with Crippen LogP contribution in [0.5, 0.6) is 0 Å². The predicted molar refractivity (Wildman–Crippen MR) is 70.7 cm³/mol. The monoisotopic (exact) mass is 233 g/mol. The van der Waals surface area contributed by atoms with E-state index in [4.69, 9.17) is 0 Å². The summed E-state index contributed by atoms with van der Waals surface area (Å²) in [5, 5.41) is 3.56. The third kappa shape index (κ3) is 3.43. The average molecular weight is 233 g/mol. The average Bonchev–Trinajstić information content (AvgIpc) is 2.80. The number of imidazole rings is 1. The quantitative estimate of drug-likeness (QED) is 0.625. The van der Waals surface area contributed by atoms with Crippen LogP contribution in [0, 0.1) is 11.8 Å². The minimum absolute atomic E-state index is 0.728. The standard InChI is InChI=1S/C14H23N3/c1-12-4-3-5-13(2)14(12)10-15-6-8-17-9-7-16-11-17/h4,7,9,11,13-15H,3,5-6,8,10H2,1-2H3. The van der Waals surface area contributed by atoms with E-state index in [2.05, 4.69) is 34.8 Å². The van der Waals surface area contributed by atoms with Crippen LogP contribution in [0.15, 0.2) is 30.4 Å². The molecule has 1 aliphatic carbocycles. The Balaban J connectivity index is 1.71. The fraction of sp³-hybridized carbons (Fsp3) is 0.643. The summed E-state index contributed by atoms with van der Waals surface area (Å²) >= 11 is 0. The Bertz CT molecular complexity index is 354. The minimum Gasteiger partial charge on any atom is -0.336 e. The molecule has 0 saturated carbocycles. The van der Waals surface area contributed by atoms with Crippen molar-refractivity contribution in [3.8, 4) is 0 Å². The Labute approximate surface area is 104 Å². The molecule has 1 heterocycles. The normalized spacial score (nSPS) is 24.7. The molecule has 17 heavy (non-hydrogen) atoms. The smallest absolute Gasteiger partial charge is 0.0946 e. The van der Waals surface area contributed by atoms with Gasteiger partial charge in [0, 0.05) is 32.0 Å². The van der Waals surface area contributed by atoms with Crippen molar-refractivity contribution in [2.24, 2.45) is 11.8 Å². The van der Waals surface area contributed by atoms with E-state index < -0.39 is 0 Å². The van der Waals surface area contributed by atoms with Crippen molar-refractivity contribution in [1.29, 1.82) is 0 Å². The largest absolute Gasteiger partial charge is 0.336 e. The fourth-order valence-electron chi connectivity index (χ4n) is 2.62. The maximum atomic E-state index is 4.04. The van der Waals surface area contributed by atoms with E-state index >= 15 is 0 Å². The zero-order valence-corrected chi connectivity index (χ0v) is 10.9. The van der Waals surface area contributed by atoms with Crippen LogP contribution < -0.4 is 5.32 Å². The third-order valence-corrected chi connectivity index (χ3v) is 3.83. The second-order valence-corrected chi connectivity index (χ2v) is 5.11. The molecule has 3 heteroatoms. The summed E-state index contributed by atoms with van der Waals surface area (Å²) < 4.78 is 2.11. The van der Waals surface area contributed by atoms with Crippen LogP contribution in [-0.2, 0) is 6.54 Å². The molecule has 1 aliphatic rings. The van der Waals surface area contributed by atoms with Crippen LogP contribution >= 0.6 is 0 Å². The van der Waals surface area contributed by atoms with Crippen molar-refractivity contribution >= 4 is 0 Å². The molecule has 0 amide bonds. The van der Waals surface area contributed by atoms with Gasteiger partial charge in [0.25, 0.3) is 0 Å². The summed E-state index contributed by atoms with van der Waals surface area (Å²) in [7, 11) is 0. The molecule has 1 aromatic heterocycles. The number of rotatable bonds is 5. The summed E-state index contributed by atoms with van der Waals surface area (Å²) in [6.45, 7) is 7.78. The van der Waals surface area contributed by atoms with Crippen molar-refractivity contribution < 1.29 is 0 Å². The van der Waals surface area contributed by atoms with E-state index in [1.54, 1.807) is 5.57 Å². The third-order valence-electron chi connectivity index (χ3n) is 3.83. The van der Waals surface area contributed by atoms with Gasteiger partial charge in [-0.2, -0.15) is 0 Å². The Morgan fingerprint density at radius 1 is 1.53 bits per heavy atom.